The standard InChI is InChI=1S/C14H22N2O2/c1-10-9-12(15-3)5-6-13(10)14(17)16-11(2)7-8-18-4/h5-6,9,11,15H,7-8H2,1-4H3,(H,16,17). The smallest absolute Gasteiger partial charge is 0.251 e. The van der Waals surface area contributed by atoms with Crippen LogP contribution >= 0.6 is 0 Å². The van der Waals surface area contributed by atoms with Crippen molar-refractivity contribution >= 4 is 11.6 Å². The van der Waals surface area contributed by atoms with Crippen LogP contribution in [0.15, 0.2) is 18.2 Å². The number of hydrogen-bond donors (Lipinski definition) is 2. The van der Waals surface area contributed by atoms with Gasteiger partial charge in [0.05, 0.1) is 0 Å². The number of aryl methyl sites for hydroxylation is 1. The molecule has 0 aliphatic heterocycles. The molecule has 0 bridgehead atoms. The summed E-state index contributed by atoms with van der Waals surface area (Å²) >= 11 is 0. The van der Waals surface area contributed by atoms with Gasteiger partial charge in [-0.1, -0.05) is 0 Å². The average Bonchev–Trinajstić information content (AvgIpc) is 2.35. The van der Waals surface area contributed by atoms with Gasteiger partial charge in [0.15, 0.2) is 0 Å². The minimum Gasteiger partial charge on any atom is -0.388 e. The molecular formula is C14H22N2O2. The quantitative estimate of drug-likeness (QED) is 0.813. The third kappa shape index (κ3) is 4.04. The Morgan fingerprint density at radius 3 is 2.72 bits per heavy atom. The van der Waals surface area contributed by atoms with E-state index < -0.39 is 0 Å². The predicted molar refractivity (Wildman–Crippen MR) is 74.1 cm³/mol. The second kappa shape index (κ2) is 7.01. The van der Waals surface area contributed by atoms with E-state index in [0.29, 0.717) is 6.61 Å². The molecule has 0 saturated heterocycles. The number of amides is 1. The van der Waals surface area contributed by atoms with Crippen LogP contribution in [0.4, 0.5) is 5.69 Å². The highest BCUT2D eigenvalue weighted by atomic mass is 16.5. The number of carbonyl (C=O) groups excluding carboxylic acids is 1. The Labute approximate surface area is 109 Å². The molecule has 4 heteroatoms. The molecule has 0 aliphatic rings. The maximum absolute atomic E-state index is 12.1. The number of ether oxygens (including phenoxy) is 1. The summed E-state index contributed by atoms with van der Waals surface area (Å²) in [5.41, 5.74) is 2.70. The fourth-order valence-corrected chi connectivity index (χ4v) is 1.74. The van der Waals surface area contributed by atoms with Gasteiger partial charge in [-0.2, -0.15) is 0 Å². The lowest BCUT2D eigenvalue weighted by molar-refractivity contribution is 0.0929. The van der Waals surface area contributed by atoms with Crippen molar-refractivity contribution in [2.24, 2.45) is 0 Å². The van der Waals surface area contributed by atoms with Crippen LogP contribution in [0.1, 0.15) is 29.3 Å². The largest absolute Gasteiger partial charge is 0.388 e. The highest BCUT2D eigenvalue weighted by molar-refractivity contribution is 5.96. The first-order chi connectivity index (χ1) is 8.58. The molecular weight excluding hydrogens is 228 g/mol. The first-order valence-electron chi connectivity index (χ1n) is 6.16. The topological polar surface area (TPSA) is 50.4 Å². The molecule has 100 valence electrons. The van der Waals surface area contributed by atoms with E-state index in [4.69, 9.17) is 4.74 Å². The van der Waals surface area contributed by atoms with Crippen molar-refractivity contribution < 1.29 is 9.53 Å². The Morgan fingerprint density at radius 2 is 2.17 bits per heavy atom. The summed E-state index contributed by atoms with van der Waals surface area (Å²) in [4.78, 5) is 12.1. The van der Waals surface area contributed by atoms with Gasteiger partial charge in [0.25, 0.3) is 5.91 Å². The van der Waals surface area contributed by atoms with Crippen LogP contribution in [-0.4, -0.2) is 32.7 Å². The molecule has 0 fully saturated rings. The molecule has 0 saturated carbocycles. The molecule has 4 nitrogen and oxygen atoms in total. The normalized spacial score (nSPS) is 12.0. The van der Waals surface area contributed by atoms with E-state index >= 15 is 0 Å². The van der Waals surface area contributed by atoms with Crippen LogP contribution in [0.3, 0.4) is 0 Å². The molecule has 0 radical (unpaired) electrons. The molecule has 0 spiro atoms. The summed E-state index contributed by atoms with van der Waals surface area (Å²) < 4.78 is 4.99. The maximum Gasteiger partial charge on any atom is 0.251 e. The van der Waals surface area contributed by atoms with Gasteiger partial charge >= 0.3 is 0 Å². The zero-order valence-electron chi connectivity index (χ0n) is 11.5. The molecule has 1 rings (SSSR count). The zero-order chi connectivity index (χ0) is 13.5. The first kappa shape index (κ1) is 14.5. The average molecular weight is 250 g/mol. The monoisotopic (exact) mass is 250 g/mol. The minimum absolute atomic E-state index is 0.0289. The summed E-state index contributed by atoms with van der Waals surface area (Å²) in [6.07, 6.45) is 0.815. The van der Waals surface area contributed by atoms with Crippen LogP contribution in [0.5, 0.6) is 0 Å². The van der Waals surface area contributed by atoms with E-state index in [9.17, 15) is 4.79 Å². The fourth-order valence-electron chi connectivity index (χ4n) is 1.74. The first-order valence-corrected chi connectivity index (χ1v) is 6.16. The van der Waals surface area contributed by atoms with Gasteiger partial charge in [-0.05, 0) is 44.0 Å². The van der Waals surface area contributed by atoms with Crippen molar-refractivity contribution in [2.45, 2.75) is 26.3 Å². The highest BCUT2D eigenvalue weighted by Crippen LogP contribution is 2.14. The number of methoxy groups -OCH3 is 1. The van der Waals surface area contributed by atoms with Crippen LogP contribution in [-0.2, 0) is 4.74 Å². The summed E-state index contributed by atoms with van der Waals surface area (Å²) in [6, 6.07) is 5.83. The van der Waals surface area contributed by atoms with Crippen molar-refractivity contribution in [3.05, 3.63) is 29.3 Å². The van der Waals surface area contributed by atoms with E-state index in [1.165, 1.54) is 0 Å². The van der Waals surface area contributed by atoms with Gasteiger partial charge in [0, 0.05) is 38.1 Å². The third-order valence-electron chi connectivity index (χ3n) is 2.89. The van der Waals surface area contributed by atoms with Crippen LogP contribution < -0.4 is 10.6 Å². The van der Waals surface area contributed by atoms with Gasteiger partial charge in [-0.15, -0.1) is 0 Å². The number of benzene rings is 1. The van der Waals surface area contributed by atoms with Crippen molar-refractivity contribution in [2.75, 3.05) is 26.1 Å². The molecule has 1 unspecified atom stereocenters. The molecule has 0 aromatic heterocycles. The van der Waals surface area contributed by atoms with Gasteiger partial charge in [-0.3, -0.25) is 4.79 Å². The lowest BCUT2D eigenvalue weighted by atomic mass is 10.1. The van der Waals surface area contributed by atoms with Crippen molar-refractivity contribution in [3.8, 4) is 0 Å². The molecule has 1 atom stereocenters. The zero-order valence-corrected chi connectivity index (χ0v) is 11.5. The molecule has 0 aliphatic carbocycles. The molecule has 2 N–H and O–H groups in total. The fraction of sp³-hybridized carbons (Fsp3) is 0.500. The Morgan fingerprint density at radius 1 is 1.44 bits per heavy atom. The van der Waals surface area contributed by atoms with Crippen molar-refractivity contribution in [1.29, 1.82) is 0 Å². The molecule has 18 heavy (non-hydrogen) atoms. The molecule has 1 aromatic carbocycles. The molecule has 1 amide bonds. The van der Waals surface area contributed by atoms with Gasteiger partial charge in [-0.25, -0.2) is 0 Å². The Balaban J connectivity index is 2.66. The summed E-state index contributed by atoms with van der Waals surface area (Å²) in [5, 5.41) is 6.02. The summed E-state index contributed by atoms with van der Waals surface area (Å²) in [5.74, 6) is -0.0289. The van der Waals surface area contributed by atoms with E-state index in [2.05, 4.69) is 10.6 Å². The predicted octanol–water partition coefficient (Wildman–Crippen LogP) is 2.19. The minimum atomic E-state index is -0.0289. The maximum atomic E-state index is 12.1. The van der Waals surface area contributed by atoms with Gasteiger partial charge in [0.2, 0.25) is 0 Å². The Hall–Kier alpha value is -1.55. The second-order valence-electron chi connectivity index (χ2n) is 4.44. The lowest BCUT2D eigenvalue weighted by Crippen LogP contribution is -2.33. The number of carbonyl (C=O) groups is 1. The SMILES string of the molecule is CNc1ccc(C(=O)NC(C)CCOC)c(C)c1. The van der Waals surface area contributed by atoms with E-state index in [1.807, 2.05) is 39.1 Å². The van der Waals surface area contributed by atoms with E-state index in [-0.39, 0.29) is 11.9 Å². The van der Waals surface area contributed by atoms with Crippen LogP contribution in [0.25, 0.3) is 0 Å². The second-order valence-corrected chi connectivity index (χ2v) is 4.44. The third-order valence-corrected chi connectivity index (χ3v) is 2.89. The van der Waals surface area contributed by atoms with Gasteiger partial charge in [0.1, 0.15) is 0 Å². The number of rotatable bonds is 6. The summed E-state index contributed by atoms with van der Waals surface area (Å²) in [7, 11) is 3.52. The van der Waals surface area contributed by atoms with Crippen molar-refractivity contribution in [1.82, 2.24) is 5.32 Å². The number of nitrogens with one attached hydrogen (secondary N) is 2. The lowest BCUT2D eigenvalue weighted by Gasteiger charge is -2.15. The van der Waals surface area contributed by atoms with Crippen LogP contribution in [0, 0.1) is 6.92 Å². The highest BCUT2D eigenvalue weighted by Gasteiger charge is 2.12. The van der Waals surface area contributed by atoms with E-state index in [0.717, 1.165) is 23.2 Å². The van der Waals surface area contributed by atoms with Gasteiger partial charge < -0.3 is 15.4 Å². The Kier molecular flexibility index (Phi) is 5.65. The molecule has 1 aromatic rings. The number of hydrogen-bond acceptors (Lipinski definition) is 3. The molecule has 0 heterocycles. The summed E-state index contributed by atoms with van der Waals surface area (Å²) in [6.45, 7) is 4.57. The Bertz CT molecular complexity index is 405. The van der Waals surface area contributed by atoms with Crippen molar-refractivity contribution in [3.63, 3.8) is 0 Å². The van der Waals surface area contributed by atoms with E-state index in [1.54, 1.807) is 7.11 Å². The number of anilines is 1. The van der Waals surface area contributed by atoms with Crippen LogP contribution in [0.2, 0.25) is 0 Å².